The molecular weight excluding hydrogens is 377 g/mol. The second-order valence-electron chi connectivity index (χ2n) is 6.47. The molecule has 0 saturated carbocycles. The second kappa shape index (κ2) is 9.79. The zero-order valence-corrected chi connectivity index (χ0v) is 18.7. The minimum absolute atomic E-state index is 0.324. The van der Waals surface area contributed by atoms with Gasteiger partial charge in [0.15, 0.2) is 5.78 Å². The zero-order valence-electron chi connectivity index (χ0n) is 17.0. The summed E-state index contributed by atoms with van der Waals surface area (Å²) in [5.41, 5.74) is 5.28. The molecule has 0 heterocycles. The molecule has 6 heteroatoms. The van der Waals surface area contributed by atoms with E-state index >= 15 is 0 Å². The van der Waals surface area contributed by atoms with Crippen LogP contribution in [0, 0.1) is 20.8 Å². The number of rotatable bonds is 9. The van der Waals surface area contributed by atoms with Crippen LogP contribution in [0.4, 0.5) is 5.69 Å². The normalized spacial score (nSPS) is 12.8. The molecule has 0 fully saturated rings. The summed E-state index contributed by atoms with van der Waals surface area (Å²) in [6, 6.07) is 12.3. The third kappa shape index (κ3) is 5.39. The lowest BCUT2D eigenvalue weighted by atomic mass is 10.0. The van der Waals surface area contributed by atoms with Crippen molar-refractivity contribution in [1.29, 1.82) is 0 Å². The molecular formula is C21H30NO3PS. The Morgan fingerprint density at radius 3 is 1.96 bits per heavy atom. The van der Waals surface area contributed by atoms with E-state index in [-0.39, 0.29) is 0 Å². The van der Waals surface area contributed by atoms with E-state index < -0.39 is 13.4 Å². The topological polar surface area (TPSA) is 47.6 Å². The Labute approximate surface area is 167 Å². The lowest BCUT2D eigenvalue weighted by molar-refractivity contribution is 0.214. The molecule has 0 radical (unpaired) electrons. The SMILES string of the molecule is CCOP(=O)(OCC)C(Nc1c(C)cc(C)cc1C)c1ccc(SC)cc1. The Hall–Kier alpha value is -1.26. The molecule has 2 rings (SSSR count). The smallest absolute Gasteiger partial charge is 0.357 e. The molecule has 0 bridgehead atoms. The minimum atomic E-state index is -3.41. The highest BCUT2D eigenvalue weighted by atomic mass is 32.2. The van der Waals surface area contributed by atoms with E-state index in [0.29, 0.717) is 13.2 Å². The largest absolute Gasteiger partial charge is 0.367 e. The predicted octanol–water partition coefficient (Wildman–Crippen LogP) is 6.71. The molecule has 0 amide bonds. The lowest BCUT2D eigenvalue weighted by Crippen LogP contribution is -2.16. The molecule has 1 N–H and O–H groups in total. The summed E-state index contributed by atoms with van der Waals surface area (Å²) < 4.78 is 25.0. The molecule has 0 aliphatic carbocycles. The summed E-state index contributed by atoms with van der Waals surface area (Å²) in [4.78, 5) is 1.16. The molecule has 0 saturated heterocycles. The highest BCUT2D eigenvalue weighted by molar-refractivity contribution is 7.98. The molecule has 1 unspecified atom stereocenters. The van der Waals surface area contributed by atoms with Gasteiger partial charge in [-0.25, -0.2) is 0 Å². The van der Waals surface area contributed by atoms with Crippen molar-refractivity contribution >= 4 is 25.0 Å². The van der Waals surface area contributed by atoms with Crippen LogP contribution in [0.5, 0.6) is 0 Å². The predicted molar refractivity (Wildman–Crippen MR) is 116 cm³/mol. The maximum Gasteiger partial charge on any atom is 0.357 e. The van der Waals surface area contributed by atoms with Crippen LogP contribution in [-0.2, 0) is 13.6 Å². The van der Waals surface area contributed by atoms with E-state index in [0.717, 1.165) is 27.3 Å². The van der Waals surface area contributed by atoms with Crippen LogP contribution in [-0.4, -0.2) is 19.5 Å². The van der Waals surface area contributed by atoms with Crippen LogP contribution in [0.1, 0.15) is 41.9 Å². The Morgan fingerprint density at radius 1 is 1.00 bits per heavy atom. The van der Waals surface area contributed by atoms with Crippen molar-refractivity contribution in [3.63, 3.8) is 0 Å². The van der Waals surface area contributed by atoms with Crippen LogP contribution >= 0.6 is 19.4 Å². The van der Waals surface area contributed by atoms with Gasteiger partial charge in [0.05, 0.1) is 13.2 Å². The average Bonchev–Trinajstić information content (AvgIpc) is 2.61. The van der Waals surface area contributed by atoms with Gasteiger partial charge in [-0.1, -0.05) is 29.8 Å². The van der Waals surface area contributed by atoms with E-state index in [9.17, 15) is 4.57 Å². The first-order valence-electron chi connectivity index (χ1n) is 9.21. The van der Waals surface area contributed by atoms with Crippen molar-refractivity contribution in [2.24, 2.45) is 0 Å². The standard InChI is InChI=1S/C21H30NO3PS/c1-7-24-26(23,25-8-2)21(18-9-11-19(27-6)12-10-18)22-20-16(4)13-15(3)14-17(20)5/h9-14,21-22H,7-8H2,1-6H3. The summed E-state index contributed by atoms with van der Waals surface area (Å²) in [5.74, 6) is -0.576. The maximum absolute atomic E-state index is 13.7. The number of hydrogen-bond acceptors (Lipinski definition) is 5. The fourth-order valence-electron chi connectivity index (χ4n) is 3.22. The monoisotopic (exact) mass is 407 g/mol. The fourth-order valence-corrected chi connectivity index (χ4v) is 5.55. The van der Waals surface area contributed by atoms with Gasteiger partial charge in [0, 0.05) is 10.6 Å². The van der Waals surface area contributed by atoms with Gasteiger partial charge < -0.3 is 14.4 Å². The van der Waals surface area contributed by atoms with Crippen molar-refractivity contribution in [2.45, 2.75) is 45.3 Å². The Bertz CT molecular complexity index is 775. The van der Waals surface area contributed by atoms with Crippen LogP contribution in [0.2, 0.25) is 0 Å². The number of aryl methyl sites for hydroxylation is 3. The molecule has 2 aromatic rings. The zero-order chi connectivity index (χ0) is 20.0. The quantitative estimate of drug-likeness (QED) is 0.370. The van der Waals surface area contributed by atoms with E-state index in [1.165, 1.54) is 5.56 Å². The van der Waals surface area contributed by atoms with Gasteiger partial charge in [-0.2, -0.15) is 0 Å². The van der Waals surface area contributed by atoms with Crippen molar-refractivity contribution in [3.05, 3.63) is 58.7 Å². The van der Waals surface area contributed by atoms with Gasteiger partial charge in [-0.3, -0.25) is 4.57 Å². The third-order valence-electron chi connectivity index (χ3n) is 4.32. The molecule has 0 aliphatic rings. The minimum Gasteiger partial charge on any atom is -0.367 e. The summed E-state index contributed by atoms with van der Waals surface area (Å²) >= 11 is 1.68. The van der Waals surface area contributed by atoms with Crippen molar-refractivity contribution in [3.8, 4) is 0 Å². The van der Waals surface area contributed by atoms with E-state index in [4.69, 9.17) is 9.05 Å². The van der Waals surface area contributed by atoms with Crippen LogP contribution in [0.25, 0.3) is 0 Å². The highest BCUT2D eigenvalue weighted by Gasteiger charge is 2.37. The fraction of sp³-hybridized carbons (Fsp3) is 0.429. The highest BCUT2D eigenvalue weighted by Crippen LogP contribution is 2.61. The van der Waals surface area contributed by atoms with Crippen molar-refractivity contribution < 1.29 is 13.6 Å². The first-order valence-corrected chi connectivity index (χ1v) is 12.0. The Kier molecular flexibility index (Phi) is 7.99. The molecule has 0 aromatic heterocycles. The first-order chi connectivity index (χ1) is 12.8. The van der Waals surface area contributed by atoms with Crippen LogP contribution in [0.3, 0.4) is 0 Å². The number of thioether (sulfide) groups is 1. The van der Waals surface area contributed by atoms with E-state index in [1.54, 1.807) is 11.8 Å². The Morgan fingerprint density at radius 2 is 1.52 bits per heavy atom. The summed E-state index contributed by atoms with van der Waals surface area (Å²) in [6.45, 7) is 10.5. The molecule has 2 aromatic carbocycles. The lowest BCUT2D eigenvalue weighted by Gasteiger charge is -2.29. The van der Waals surface area contributed by atoms with Gasteiger partial charge >= 0.3 is 7.60 Å². The van der Waals surface area contributed by atoms with Gasteiger partial charge in [0.2, 0.25) is 0 Å². The second-order valence-corrected chi connectivity index (χ2v) is 9.46. The molecule has 4 nitrogen and oxygen atoms in total. The summed E-state index contributed by atoms with van der Waals surface area (Å²) in [5, 5.41) is 3.49. The van der Waals surface area contributed by atoms with Gasteiger partial charge in [-0.15, -0.1) is 11.8 Å². The van der Waals surface area contributed by atoms with Crippen LogP contribution in [0.15, 0.2) is 41.3 Å². The van der Waals surface area contributed by atoms with Gasteiger partial charge in [0.25, 0.3) is 0 Å². The average molecular weight is 408 g/mol. The molecule has 0 spiro atoms. The number of benzene rings is 2. The maximum atomic E-state index is 13.7. The summed E-state index contributed by atoms with van der Waals surface area (Å²) in [7, 11) is -3.41. The van der Waals surface area contributed by atoms with Crippen molar-refractivity contribution in [2.75, 3.05) is 24.8 Å². The van der Waals surface area contributed by atoms with E-state index in [1.807, 2.05) is 44.4 Å². The van der Waals surface area contributed by atoms with Crippen LogP contribution < -0.4 is 5.32 Å². The Balaban J connectivity index is 2.53. The number of nitrogens with one attached hydrogen (secondary N) is 1. The number of anilines is 1. The molecule has 1 atom stereocenters. The van der Waals surface area contributed by atoms with Gasteiger partial charge in [-0.05, 0) is 69.7 Å². The van der Waals surface area contributed by atoms with Gasteiger partial charge in [0.1, 0.15) is 0 Å². The molecule has 148 valence electrons. The summed E-state index contributed by atoms with van der Waals surface area (Å²) in [6.07, 6.45) is 2.04. The number of hydrogen-bond donors (Lipinski definition) is 1. The molecule has 27 heavy (non-hydrogen) atoms. The molecule has 0 aliphatic heterocycles. The van der Waals surface area contributed by atoms with Crippen molar-refractivity contribution in [1.82, 2.24) is 0 Å². The first kappa shape index (κ1) is 22.0. The third-order valence-corrected chi connectivity index (χ3v) is 7.36. The van der Waals surface area contributed by atoms with E-state index in [2.05, 4.69) is 38.2 Å².